The van der Waals surface area contributed by atoms with Crippen molar-refractivity contribution in [3.8, 4) is 0 Å². The lowest BCUT2D eigenvalue weighted by atomic mass is 10.1. The van der Waals surface area contributed by atoms with Crippen molar-refractivity contribution < 1.29 is 0 Å². The van der Waals surface area contributed by atoms with Crippen LogP contribution in [0.3, 0.4) is 0 Å². The summed E-state index contributed by atoms with van der Waals surface area (Å²) in [5.41, 5.74) is 6.90. The predicted molar refractivity (Wildman–Crippen MR) is 142 cm³/mol. The summed E-state index contributed by atoms with van der Waals surface area (Å²) in [7, 11) is 0. The number of hydrogen-bond donors (Lipinski definition) is 0. The average Bonchev–Trinajstić information content (AvgIpc) is 3.25. The van der Waals surface area contributed by atoms with Gasteiger partial charge in [-0.15, -0.1) is 0 Å². The number of allylic oxidation sites excluding steroid dienone is 7. The van der Waals surface area contributed by atoms with E-state index >= 15 is 0 Å². The van der Waals surface area contributed by atoms with E-state index in [2.05, 4.69) is 66.2 Å². The van der Waals surface area contributed by atoms with Crippen molar-refractivity contribution in [2.24, 2.45) is 15.0 Å². The van der Waals surface area contributed by atoms with E-state index in [1.807, 2.05) is 37.3 Å². The van der Waals surface area contributed by atoms with E-state index < -0.39 is 0 Å². The minimum atomic E-state index is -0.290. The normalized spacial score (nSPS) is 22.4. The zero-order valence-corrected chi connectivity index (χ0v) is 20.2. The molecule has 0 saturated carbocycles. The van der Waals surface area contributed by atoms with Crippen LogP contribution in [0.25, 0.3) is 12.7 Å². The van der Waals surface area contributed by atoms with Crippen molar-refractivity contribution in [2.75, 3.05) is 0 Å². The number of nitrogens with zero attached hydrogens (tertiary/aromatic N) is 3. The lowest BCUT2D eigenvalue weighted by Crippen LogP contribution is -2.30. The topological polar surface area (TPSA) is 37.1 Å². The number of hydrogen-bond acceptors (Lipinski definition) is 3. The summed E-state index contributed by atoms with van der Waals surface area (Å²) >= 11 is -0.290. The van der Waals surface area contributed by atoms with E-state index in [4.69, 9.17) is 15.0 Å². The lowest BCUT2D eigenvalue weighted by molar-refractivity contribution is 1.12. The lowest BCUT2D eigenvalue weighted by Gasteiger charge is -2.08. The van der Waals surface area contributed by atoms with Crippen molar-refractivity contribution in [1.29, 1.82) is 0 Å². The Morgan fingerprint density at radius 1 is 0.938 bits per heavy atom. The Morgan fingerprint density at radius 3 is 2.69 bits per heavy atom. The quantitative estimate of drug-likeness (QED) is 0.421. The molecule has 0 N–H and O–H groups in total. The van der Waals surface area contributed by atoms with Crippen LogP contribution < -0.4 is 15.9 Å². The van der Waals surface area contributed by atoms with Crippen molar-refractivity contribution >= 4 is 39.1 Å². The molecule has 32 heavy (non-hydrogen) atoms. The van der Waals surface area contributed by atoms with Gasteiger partial charge in [0.2, 0.25) is 0 Å². The first-order valence-electron chi connectivity index (χ1n) is 10.5. The summed E-state index contributed by atoms with van der Waals surface area (Å²) in [5.74, 6) is 0. The highest BCUT2D eigenvalue weighted by molar-refractivity contribution is 14.2. The van der Waals surface area contributed by atoms with Crippen LogP contribution in [0.4, 0.5) is 0 Å². The highest BCUT2D eigenvalue weighted by Crippen LogP contribution is 2.22. The van der Waals surface area contributed by atoms with Crippen LogP contribution in [-0.2, 0) is 0 Å². The Kier molecular flexibility index (Phi) is 5.62. The summed E-state index contributed by atoms with van der Waals surface area (Å²) in [5, 5.41) is 2.79. The third-order valence-electron chi connectivity index (χ3n) is 5.36. The van der Waals surface area contributed by atoms with Crippen LogP contribution in [0.2, 0.25) is 0 Å². The van der Waals surface area contributed by atoms with Gasteiger partial charge >= 0.3 is 0 Å². The van der Waals surface area contributed by atoms with Gasteiger partial charge < -0.3 is 0 Å². The van der Waals surface area contributed by atoms with Crippen LogP contribution in [0, 0.1) is 3.15 Å². The highest BCUT2D eigenvalue weighted by Gasteiger charge is 2.12. The molecule has 3 aliphatic heterocycles. The maximum Gasteiger partial charge on any atom is 0.0947 e. The molecule has 0 fully saturated rings. The fourth-order valence-corrected chi connectivity index (χ4v) is 5.99. The molecule has 3 aliphatic rings. The average molecular weight is 527 g/mol. The van der Waals surface area contributed by atoms with Gasteiger partial charge in [-0.25, -0.2) is 15.0 Å². The molecule has 0 aromatic heterocycles. The summed E-state index contributed by atoms with van der Waals surface area (Å²) in [4.78, 5) is 15.0. The zero-order valence-electron chi connectivity index (χ0n) is 18.0. The van der Waals surface area contributed by atoms with Gasteiger partial charge in [-0.1, -0.05) is 81.9 Å². The van der Waals surface area contributed by atoms with Crippen LogP contribution in [0.1, 0.15) is 25.0 Å². The van der Waals surface area contributed by atoms with Gasteiger partial charge in [0, 0.05) is 14.3 Å². The fraction of sp³-hybridized carbons (Fsp3) is 0.0714. The van der Waals surface area contributed by atoms with E-state index in [-0.39, 0.29) is 20.7 Å². The molecule has 2 aromatic rings. The van der Waals surface area contributed by atoms with Crippen molar-refractivity contribution in [2.45, 2.75) is 13.8 Å². The van der Waals surface area contributed by atoms with E-state index in [0.29, 0.717) is 0 Å². The molecule has 156 valence electrons. The van der Waals surface area contributed by atoms with Gasteiger partial charge in [-0.3, -0.25) is 0 Å². The molecule has 2 aromatic carbocycles. The number of halogens is 1. The van der Waals surface area contributed by atoms with Gasteiger partial charge in [-0.2, -0.15) is 0 Å². The molecule has 0 saturated heterocycles. The van der Waals surface area contributed by atoms with Crippen LogP contribution in [0.15, 0.2) is 115 Å². The third kappa shape index (κ3) is 3.98. The molecule has 3 nitrogen and oxygen atoms in total. The SMILES string of the molecule is C=c1cccc2c1=N/C(=C\C)C1=CI=c3cccc(c3=N1)/C=C/C=C(C)/C=C1/C=CC2=N1. The van der Waals surface area contributed by atoms with Gasteiger partial charge in [0.1, 0.15) is 0 Å². The molecule has 5 rings (SSSR count). The zero-order chi connectivity index (χ0) is 22.1. The molecule has 0 radical (unpaired) electrons. The van der Waals surface area contributed by atoms with Crippen LogP contribution in [0.5, 0.6) is 0 Å². The Balaban J connectivity index is 1.83. The molecule has 0 amide bonds. The van der Waals surface area contributed by atoms with Crippen molar-refractivity contribution in [3.63, 3.8) is 0 Å². The molecular weight excluding hydrogens is 505 g/mol. The summed E-state index contributed by atoms with van der Waals surface area (Å²) in [6.45, 7) is 8.35. The molecule has 0 aliphatic carbocycles. The molecule has 0 spiro atoms. The van der Waals surface area contributed by atoms with E-state index in [0.717, 1.165) is 55.4 Å². The Morgan fingerprint density at radius 2 is 1.81 bits per heavy atom. The van der Waals surface area contributed by atoms with Crippen LogP contribution in [-0.4, -0.2) is 5.71 Å². The van der Waals surface area contributed by atoms with E-state index in [1.54, 1.807) is 0 Å². The largest absolute Gasteiger partial charge is 0.248 e. The Hall–Kier alpha value is -3.25. The molecule has 4 bridgehead atoms. The second kappa shape index (κ2) is 8.71. The fourth-order valence-electron chi connectivity index (χ4n) is 3.75. The van der Waals surface area contributed by atoms with Gasteiger partial charge in [0.15, 0.2) is 0 Å². The maximum absolute atomic E-state index is 5.06. The maximum atomic E-state index is 5.06. The van der Waals surface area contributed by atoms with Gasteiger partial charge in [0.25, 0.3) is 0 Å². The predicted octanol–water partition coefficient (Wildman–Crippen LogP) is 5.23. The molecule has 0 unspecified atom stereocenters. The Bertz CT molecular complexity index is 1590. The summed E-state index contributed by atoms with van der Waals surface area (Å²) < 4.78 is 3.60. The van der Waals surface area contributed by atoms with Gasteiger partial charge in [-0.05, 0) is 53.0 Å². The Labute approximate surface area is 197 Å². The minimum Gasteiger partial charge on any atom is -0.248 e. The second-order valence-electron chi connectivity index (χ2n) is 7.66. The summed E-state index contributed by atoms with van der Waals surface area (Å²) in [6, 6.07) is 12.5. The third-order valence-corrected chi connectivity index (χ3v) is 7.80. The molecule has 3 heterocycles. The second-order valence-corrected chi connectivity index (χ2v) is 10.1. The first-order valence-corrected chi connectivity index (χ1v) is 12.8. The van der Waals surface area contributed by atoms with E-state index in [9.17, 15) is 0 Å². The van der Waals surface area contributed by atoms with Gasteiger partial charge in [0.05, 0.1) is 33.5 Å². The minimum absolute atomic E-state index is 0.290. The smallest absolute Gasteiger partial charge is 0.0947 e. The molecule has 0 atom stereocenters. The number of fused-ring (bicyclic) bond motifs is 4. The number of rotatable bonds is 0. The monoisotopic (exact) mass is 527 g/mol. The standard InChI is InChI=1S/C28H22IN3/c1-4-24-26-17-29-23-13-7-11-20(28(23)32-26)10-5-8-18(2)16-21-14-15-25(30-21)22-12-6-9-19(3)27(22)31-24/h4-17H,3H2,1-2H3/b10-5+,18-8+,21-16-,24-4-,31-27?. The number of aliphatic imine (C=N–C) groups is 1. The van der Waals surface area contributed by atoms with E-state index in [1.165, 1.54) is 3.15 Å². The first kappa shape index (κ1) is 20.6. The molecular formula is C28H22IN3. The summed E-state index contributed by atoms with van der Waals surface area (Å²) in [6.07, 6.45) is 14.6. The number of benzene rings is 2. The van der Waals surface area contributed by atoms with Crippen LogP contribution >= 0.6 is 20.7 Å². The molecule has 4 heteroatoms. The first-order chi connectivity index (χ1) is 15.6. The van der Waals surface area contributed by atoms with Crippen molar-refractivity contribution in [1.82, 2.24) is 0 Å². The highest BCUT2D eigenvalue weighted by atomic mass is 127. The van der Waals surface area contributed by atoms with Crippen molar-refractivity contribution in [3.05, 3.63) is 130 Å². The number of para-hydroxylation sites is 2.